The zero-order valence-electron chi connectivity index (χ0n) is 9.26. The van der Waals surface area contributed by atoms with Crippen LogP contribution in [0.1, 0.15) is 20.3 Å². The Morgan fingerprint density at radius 2 is 1.93 bits per heavy atom. The highest BCUT2D eigenvalue weighted by molar-refractivity contribution is 5.82. The van der Waals surface area contributed by atoms with Gasteiger partial charge < -0.3 is 20.8 Å². The van der Waals surface area contributed by atoms with E-state index in [-0.39, 0.29) is 24.9 Å². The number of β-amino-alcohol motifs (C(OH)–C–C–N with tert-alkyl or cyclic N) is 2. The normalized spacial score (nSPS) is 30.3. The molecule has 15 heavy (non-hydrogen) atoms. The smallest absolute Gasteiger partial charge is 0.239 e. The van der Waals surface area contributed by atoms with E-state index in [2.05, 4.69) is 0 Å². The number of amides is 1. The van der Waals surface area contributed by atoms with Crippen LogP contribution in [0, 0.1) is 5.92 Å². The zero-order chi connectivity index (χ0) is 11.6. The minimum atomic E-state index is -0.835. The van der Waals surface area contributed by atoms with E-state index in [0.29, 0.717) is 0 Å². The first-order valence-corrected chi connectivity index (χ1v) is 5.37. The van der Waals surface area contributed by atoms with E-state index in [1.165, 1.54) is 4.90 Å². The standard InChI is InChI=1S/C10H20N2O3/c1-3-6(2)9(11)10(15)12-4-7(13)8(14)5-12/h6-9,13-14H,3-5,11H2,1-2H3/t6-,7-,8+,9-/m0/s1. The molecule has 1 aliphatic rings. The largest absolute Gasteiger partial charge is 0.388 e. The van der Waals surface area contributed by atoms with Gasteiger partial charge in [-0.15, -0.1) is 0 Å². The molecule has 1 heterocycles. The predicted octanol–water partition coefficient (Wildman–Crippen LogP) is -1.08. The monoisotopic (exact) mass is 216 g/mol. The summed E-state index contributed by atoms with van der Waals surface area (Å²) < 4.78 is 0. The van der Waals surface area contributed by atoms with Gasteiger partial charge in [0.05, 0.1) is 18.2 Å². The van der Waals surface area contributed by atoms with Crippen molar-refractivity contribution in [3.8, 4) is 0 Å². The van der Waals surface area contributed by atoms with Crippen LogP contribution in [-0.4, -0.2) is 52.4 Å². The summed E-state index contributed by atoms with van der Waals surface area (Å²) in [5.74, 6) is -0.0627. The number of aliphatic hydroxyl groups excluding tert-OH is 2. The number of nitrogens with two attached hydrogens (primary N) is 1. The fourth-order valence-electron chi connectivity index (χ4n) is 1.66. The lowest BCUT2D eigenvalue weighted by atomic mass is 9.99. The van der Waals surface area contributed by atoms with E-state index in [1.807, 2.05) is 13.8 Å². The van der Waals surface area contributed by atoms with Crippen LogP contribution in [0.4, 0.5) is 0 Å². The molecule has 0 aromatic heterocycles. The predicted molar refractivity (Wildman–Crippen MR) is 56.0 cm³/mol. The lowest BCUT2D eigenvalue weighted by Gasteiger charge is -2.23. The first-order valence-electron chi connectivity index (χ1n) is 5.37. The zero-order valence-corrected chi connectivity index (χ0v) is 9.26. The van der Waals surface area contributed by atoms with Crippen molar-refractivity contribution < 1.29 is 15.0 Å². The highest BCUT2D eigenvalue weighted by Crippen LogP contribution is 2.14. The lowest BCUT2D eigenvalue weighted by molar-refractivity contribution is -0.133. The lowest BCUT2D eigenvalue weighted by Crippen LogP contribution is -2.46. The van der Waals surface area contributed by atoms with E-state index in [9.17, 15) is 15.0 Å². The van der Waals surface area contributed by atoms with Crippen LogP contribution in [0.2, 0.25) is 0 Å². The molecule has 5 nitrogen and oxygen atoms in total. The number of hydrogen-bond donors (Lipinski definition) is 3. The third-order valence-corrected chi connectivity index (χ3v) is 3.11. The van der Waals surface area contributed by atoms with E-state index < -0.39 is 18.2 Å². The second-order valence-corrected chi connectivity index (χ2v) is 4.29. The second-order valence-electron chi connectivity index (χ2n) is 4.29. The summed E-state index contributed by atoms with van der Waals surface area (Å²) >= 11 is 0. The molecule has 1 amide bonds. The highest BCUT2D eigenvalue weighted by Gasteiger charge is 2.35. The Bertz CT molecular complexity index is 225. The van der Waals surface area contributed by atoms with Crippen molar-refractivity contribution >= 4 is 5.91 Å². The molecule has 88 valence electrons. The van der Waals surface area contributed by atoms with Crippen molar-refractivity contribution in [2.45, 2.75) is 38.5 Å². The Hall–Kier alpha value is -0.650. The first kappa shape index (κ1) is 12.4. The average molecular weight is 216 g/mol. The van der Waals surface area contributed by atoms with Crippen LogP contribution in [-0.2, 0) is 4.79 Å². The van der Waals surface area contributed by atoms with Gasteiger partial charge in [0.15, 0.2) is 0 Å². The van der Waals surface area contributed by atoms with Gasteiger partial charge in [-0.3, -0.25) is 4.79 Å². The summed E-state index contributed by atoms with van der Waals surface area (Å²) in [6.45, 7) is 4.27. The minimum absolute atomic E-state index is 0.118. The molecule has 0 radical (unpaired) electrons. The second kappa shape index (κ2) is 4.92. The number of rotatable bonds is 3. The highest BCUT2D eigenvalue weighted by atomic mass is 16.3. The molecule has 1 aliphatic heterocycles. The quantitative estimate of drug-likeness (QED) is 0.560. The van der Waals surface area contributed by atoms with Crippen molar-refractivity contribution in [2.75, 3.05) is 13.1 Å². The summed E-state index contributed by atoms with van der Waals surface area (Å²) in [6.07, 6.45) is -0.831. The molecule has 1 rings (SSSR count). The Kier molecular flexibility index (Phi) is 4.07. The average Bonchev–Trinajstić information content (AvgIpc) is 2.56. The van der Waals surface area contributed by atoms with E-state index in [4.69, 9.17) is 5.73 Å². The molecular formula is C10H20N2O3. The maximum Gasteiger partial charge on any atom is 0.239 e. The molecule has 0 spiro atoms. The molecule has 4 atom stereocenters. The van der Waals surface area contributed by atoms with Gasteiger partial charge in [0, 0.05) is 13.1 Å². The third-order valence-electron chi connectivity index (χ3n) is 3.11. The molecule has 0 aliphatic carbocycles. The van der Waals surface area contributed by atoms with Gasteiger partial charge in [-0.2, -0.15) is 0 Å². The van der Waals surface area contributed by atoms with Crippen molar-refractivity contribution in [2.24, 2.45) is 11.7 Å². The fraction of sp³-hybridized carbons (Fsp3) is 0.900. The van der Waals surface area contributed by atoms with Crippen molar-refractivity contribution in [1.82, 2.24) is 4.90 Å². The van der Waals surface area contributed by atoms with Gasteiger partial charge in [-0.1, -0.05) is 20.3 Å². The van der Waals surface area contributed by atoms with Crippen molar-refractivity contribution in [1.29, 1.82) is 0 Å². The van der Waals surface area contributed by atoms with E-state index >= 15 is 0 Å². The summed E-state index contributed by atoms with van der Waals surface area (Å²) in [7, 11) is 0. The molecule has 0 bridgehead atoms. The molecule has 5 heteroatoms. The van der Waals surface area contributed by atoms with Crippen molar-refractivity contribution in [3.05, 3.63) is 0 Å². The number of hydrogen-bond acceptors (Lipinski definition) is 4. The summed E-state index contributed by atoms with van der Waals surface area (Å²) in [4.78, 5) is 13.3. The Balaban J connectivity index is 2.54. The van der Waals surface area contributed by atoms with Gasteiger partial charge in [-0.05, 0) is 5.92 Å². The third kappa shape index (κ3) is 2.68. The van der Waals surface area contributed by atoms with Gasteiger partial charge in [-0.25, -0.2) is 0 Å². The Morgan fingerprint density at radius 1 is 1.47 bits per heavy atom. The van der Waals surface area contributed by atoms with E-state index in [0.717, 1.165) is 6.42 Å². The van der Waals surface area contributed by atoms with Gasteiger partial charge in [0.2, 0.25) is 5.91 Å². The maximum atomic E-state index is 11.8. The first-order chi connectivity index (χ1) is 6.97. The van der Waals surface area contributed by atoms with Crippen LogP contribution in [0.15, 0.2) is 0 Å². The number of likely N-dealkylation sites (tertiary alicyclic amines) is 1. The summed E-state index contributed by atoms with van der Waals surface area (Å²) in [6, 6.07) is -0.535. The molecule has 0 aromatic carbocycles. The molecule has 0 aromatic rings. The van der Waals surface area contributed by atoms with Crippen LogP contribution in [0.25, 0.3) is 0 Å². The minimum Gasteiger partial charge on any atom is -0.388 e. The van der Waals surface area contributed by atoms with Crippen LogP contribution >= 0.6 is 0 Å². The molecule has 1 fully saturated rings. The molecule has 4 N–H and O–H groups in total. The molecule has 0 saturated carbocycles. The summed E-state index contributed by atoms with van der Waals surface area (Å²) in [5, 5.41) is 18.6. The fourth-order valence-corrected chi connectivity index (χ4v) is 1.66. The number of carbonyl (C=O) groups excluding carboxylic acids is 1. The molecular weight excluding hydrogens is 196 g/mol. The SMILES string of the molecule is CC[C@H](C)[C@H](N)C(=O)N1C[C@@H](O)[C@@H](O)C1. The number of aliphatic hydroxyl groups is 2. The van der Waals surface area contributed by atoms with Crippen LogP contribution in [0.3, 0.4) is 0 Å². The number of nitrogens with zero attached hydrogens (tertiary/aromatic N) is 1. The molecule has 0 unspecified atom stereocenters. The maximum absolute atomic E-state index is 11.8. The van der Waals surface area contributed by atoms with Gasteiger partial charge >= 0.3 is 0 Å². The number of carbonyl (C=O) groups is 1. The van der Waals surface area contributed by atoms with E-state index in [1.54, 1.807) is 0 Å². The Labute approximate surface area is 89.9 Å². The van der Waals surface area contributed by atoms with Gasteiger partial charge in [0.25, 0.3) is 0 Å². The topological polar surface area (TPSA) is 86.8 Å². The van der Waals surface area contributed by atoms with Crippen LogP contribution < -0.4 is 5.73 Å². The molecule has 1 saturated heterocycles. The van der Waals surface area contributed by atoms with Crippen LogP contribution in [0.5, 0.6) is 0 Å². The van der Waals surface area contributed by atoms with Gasteiger partial charge in [0.1, 0.15) is 0 Å². The van der Waals surface area contributed by atoms with Crippen molar-refractivity contribution in [3.63, 3.8) is 0 Å². The Morgan fingerprint density at radius 3 is 2.33 bits per heavy atom. The summed E-state index contributed by atoms with van der Waals surface area (Å²) in [5.41, 5.74) is 5.79.